The Morgan fingerprint density at radius 2 is 2.11 bits per heavy atom. The molecule has 0 aliphatic carbocycles. The highest BCUT2D eigenvalue weighted by Gasteiger charge is 2.20. The van der Waals surface area contributed by atoms with Gasteiger partial charge in [-0.25, -0.2) is 9.67 Å². The van der Waals surface area contributed by atoms with E-state index in [4.69, 9.17) is 11.6 Å². The van der Waals surface area contributed by atoms with Crippen LogP contribution in [0, 0.1) is 5.92 Å². The van der Waals surface area contributed by atoms with Crippen molar-refractivity contribution in [1.82, 2.24) is 14.8 Å². The van der Waals surface area contributed by atoms with E-state index in [2.05, 4.69) is 10.1 Å². The summed E-state index contributed by atoms with van der Waals surface area (Å²) < 4.78 is 1.94. The Balaban J connectivity index is 1.76. The third kappa shape index (κ3) is 2.80. The zero-order chi connectivity index (χ0) is 13.2. The average molecular weight is 278 g/mol. The maximum absolute atomic E-state index is 9.21. The van der Waals surface area contributed by atoms with Crippen molar-refractivity contribution < 1.29 is 5.11 Å². The molecule has 1 unspecified atom stereocenters. The molecule has 19 heavy (non-hydrogen) atoms. The van der Waals surface area contributed by atoms with Gasteiger partial charge in [-0.05, 0) is 24.1 Å². The molecule has 2 heterocycles. The highest BCUT2D eigenvalue weighted by molar-refractivity contribution is 6.30. The van der Waals surface area contributed by atoms with E-state index in [0.29, 0.717) is 5.92 Å². The van der Waals surface area contributed by atoms with Gasteiger partial charge in [-0.3, -0.25) is 0 Å². The standard InChI is InChI=1S/C14H16ClN3O/c15-12-4-1-10(2-5-12)7-13-16-14-6-3-11(9-19)8-18(14)17-13/h1-2,4-5,11,19H,3,6-9H2. The third-order valence-corrected chi connectivity index (χ3v) is 3.79. The van der Waals surface area contributed by atoms with Gasteiger partial charge in [0, 0.05) is 36.9 Å². The van der Waals surface area contributed by atoms with Crippen molar-refractivity contribution in [3.63, 3.8) is 0 Å². The quantitative estimate of drug-likeness (QED) is 0.934. The molecule has 0 amide bonds. The lowest BCUT2D eigenvalue weighted by atomic mass is 10.0. The highest BCUT2D eigenvalue weighted by Crippen LogP contribution is 2.19. The summed E-state index contributed by atoms with van der Waals surface area (Å²) >= 11 is 5.87. The van der Waals surface area contributed by atoms with Crippen molar-refractivity contribution in [3.8, 4) is 0 Å². The van der Waals surface area contributed by atoms with Gasteiger partial charge in [-0.1, -0.05) is 23.7 Å². The van der Waals surface area contributed by atoms with Crippen LogP contribution >= 0.6 is 11.6 Å². The van der Waals surface area contributed by atoms with Crippen molar-refractivity contribution in [2.45, 2.75) is 25.8 Å². The van der Waals surface area contributed by atoms with Crippen LogP contribution in [0.1, 0.15) is 23.6 Å². The number of rotatable bonds is 3. The first-order chi connectivity index (χ1) is 9.24. The maximum atomic E-state index is 9.21. The summed E-state index contributed by atoms with van der Waals surface area (Å²) in [6.45, 7) is 1.01. The zero-order valence-corrected chi connectivity index (χ0v) is 11.3. The van der Waals surface area contributed by atoms with E-state index in [0.717, 1.165) is 48.0 Å². The van der Waals surface area contributed by atoms with Crippen LogP contribution in [-0.4, -0.2) is 26.5 Å². The average Bonchev–Trinajstić information content (AvgIpc) is 2.82. The van der Waals surface area contributed by atoms with Crippen LogP contribution in [0.5, 0.6) is 0 Å². The Morgan fingerprint density at radius 1 is 1.32 bits per heavy atom. The van der Waals surface area contributed by atoms with Gasteiger partial charge in [0.1, 0.15) is 5.82 Å². The van der Waals surface area contributed by atoms with E-state index in [9.17, 15) is 5.11 Å². The Bertz CT molecular complexity index is 565. The smallest absolute Gasteiger partial charge is 0.155 e. The van der Waals surface area contributed by atoms with Gasteiger partial charge in [-0.2, -0.15) is 5.10 Å². The molecule has 1 atom stereocenters. The molecular formula is C14H16ClN3O. The van der Waals surface area contributed by atoms with Crippen molar-refractivity contribution in [1.29, 1.82) is 0 Å². The van der Waals surface area contributed by atoms with Crippen LogP contribution in [-0.2, 0) is 19.4 Å². The molecule has 0 saturated carbocycles. The molecule has 0 bridgehead atoms. The largest absolute Gasteiger partial charge is 0.396 e. The minimum absolute atomic E-state index is 0.228. The second-order valence-corrected chi connectivity index (χ2v) is 5.45. The number of benzene rings is 1. The molecule has 0 saturated heterocycles. The Hall–Kier alpha value is -1.39. The van der Waals surface area contributed by atoms with Crippen LogP contribution in [0.3, 0.4) is 0 Å². The Morgan fingerprint density at radius 3 is 2.84 bits per heavy atom. The maximum Gasteiger partial charge on any atom is 0.155 e. The minimum atomic E-state index is 0.228. The fraction of sp³-hybridized carbons (Fsp3) is 0.429. The molecule has 4 nitrogen and oxygen atoms in total. The number of aliphatic hydroxyl groups excluding tert-OH is 1. The van der Waals surface area contributed by atoms with Crippen molar-refractivity contribution >= 4 is 11.6 Å². The van der Waals surface area contributed by atoms with Crippen molar-refractivity contribution in [2.24, 2.45) is 5.92 Å². The SMILES string of the molecule is OCC1CCc2nc(Cc3ccc(Cl)cc3)nn2C1. The predicted octanol–water partition coefficient (Wildman–Crippen LogP) is 2.08. The van der Waals surface area contributed by atoms with E-state index < -0.39 is 0 Å². The van der Waals surface area contributed by atoms with Crippen LogP contribution < -0.4 is 0 Å². The molecule has 5 heteroatoms. The fourth-order valence-electron chi connectivity index (χ4n) is 2.44. The number of hydrogen-bond donors (Lipinski definition) is 1. The lowest BCUT2D eigenvalue weighted by Gasteiger charge is -2.19. The van der Waals surface area contributed by atoms with E-state index in [1.807, 2.05) is 28.9 Å². The number of nitrogens with zero attached hydrogens (tertiary/aromatic N) is 3. The summed E-state index contributed by atoms with van der Waals surface area (Å²) in [5.74, 6) is 2.20. The van der Waals surface area contributed by atoms with E-state index in [1.54, 1.807) is 0 Å². The van der Waals surface area contributed by atoms with Gasteiger partial charge in [0.05, 0.1) is 0 Å². The van der Waals surface area contributed by atoms with Crippen LogP contribution in [0.15, 0.2) is 24.3 Å². The predicted molar refractivity (Wildman–Crippen MR) is 73.2 cm³/mol. The molecule has 2 aromatic rings. The molecule has 0 fully saturated rings. The van der Waals surface area contributed by atoms with Crippen LogP contribution in [0.2, 0.25) is 5.02 Å². The van der Waals surface area contributed by atoms with E-state index in [-0.39, 0.29) is 6.61 Å². The van der Waals surface area contributed by atoms with Crippen molar-refractivity contribution in [3.05, 3.63) is 46.5 Å². The van der Waals surface area contributed by atoms with Gasteiger partial charge >= 0.3 is 0 Å². The topological polar surface area (TPSA) is 50.9 Å². The summed E-state index contributed by atoms with van der Waals surface area (Å²) in [5.41, 5.74) is 1.16. The van der Waals surface area contributed by atoms with Gasteiger partial charge in [0.25, 0.3) is 0 Å². The summed E-state index contributed by atoms with van der Waals surface area (Å²) in [7, 11) is 0. The Kier molecular flexibility index (Phi) is 3.53. The number of hydrogen-bond acceptors (Lipinski definition) is 3. The molecule has 1 aliphatic heterocycles. The lowest BCUT2D eigenvalue weighted by molar-refractivity contribution is 0.185. The van der Waals surface area contributed by atoms with Gasteiger partial charge in [0.15, 0.2) is 5.82 Å². The highest BCUT2D eigenvalue weighted by atomic mass is 35.5. The number of halogens is 1. The molecule has 1 aliphatic rings. The molecule has 3 rings (SSSR count). The summed E-state index contributed by atoms with van der Waals surface area (Å²) in [6, 6.07) is 7.76. The fourth-order valence-corrected chi connectivity index (χ4v) is 2.56. The van der Waals surface area contributed by atoms with Crippen LogP contribution in [0.4, 0.5) is 0 Å². The van der Waals surface area contributed by atoms with Gasteiger partial charge < -0.3 is 5.11 Å². The zero-order valence-electron chi connectivity index (χ0n) is 10.6. The number of aryl methyl sites for hydroxylation is 1. The first-order valence-electron chi connectivity index (χ1n) is 6.52. The van der Waals surface area contributed by atoms with Gasteiger partial charge in [0.2, 0.25) is 0 Å². The van der Waals surface area contributed by atoms with Gasteiger partial charge in [-0.15, -0.1) is 0 Å². The van der Waals surface area contributed by atoms with E-state index >= 15 is 0 Å². The van der Waals surface area contributed by atoms with Crippen molar-refractivity contribution in [2.75, 3.05) is 6.61 Å². The normalized spacial score (nSPS) is 18.3. The second kappa shape index (κ2) is 5.31. The molecule has 100 valence electrons. The van der Waals surface area contributed by atoms with E-state index in [1.165, 1.54) is 0 Å². The number of aliphatic hydroxyl groups is 1. The first-order valence-corrected chi connectivity index (χ1v) is 6.90. The number of aromatic nitrogens is 3. The third-order valence-electron chi connectivity index (χ3n) is 3.53. The summed E-state index contributed by atoms with van der Waals surface area (Å²) in [4.78, 5) is 4.57. The molecular weight excluding hydrogens is 262 g/mol. The molecule has 0 radical (unpaired) electrons. The molecule has 1 aromatic heterocycles. The summed E-state index contributed by atoms with van der Waals surface area (Å²) in [6.07, 6.45) is 2.62. The first kappa shape index (κ1) is 12.6. The minimum Gasteiger partial charge on any atom is -0.396 e. The Labute approximate surface area is 117 Å². The summed E-state index contributed by atoms with van der Waals surface area (Å²) in [5, 5.41) is 14.5. The van der Waals surface area contributed by atoms with Crippen LogP contribution in [0.25, 0.3) is 0 Å². The number of fused-ring (bicyclic) bond motifs is 1. The lowest BCUT2D eigenvalue weighted by Crippen LogP contribution is -2.23. The monoisotopic (exact) mass is 277 g/mol. The molecule has 0 spiro atoms. The second-order valence-electron chi connectivity index (χ2n) is 5.02. The molecule has 1 aromatic carbocycles. The molecule has 1 N–H and O–H groups in total.